The minimum atomic E-state index is -0.563. The molecule has 2 saturated heterocycles. The Hall–Kier alpha value is -3.77. The molecule has 6 rings (SSSR count). The first kappa shape index (κ1) is 20.8. The van der Waals surface area contributed by atoms with E-state index in [1.165, 1.54) is 11.3 Å². The number of rotatable bonds is 5. The van der Waals surface area contributed by atoms with Crippen LogP contribution in [0.25, 0.3) is 23.0 Å². The number of fused-ring (bicyclic) bond motifs is 1. The maximum Gasteiger partial charge on any atom is 0.326 e. The summed E-state index contributed by atoms with van der Waals surface area (Å²) in [7, 11) is 0. The molecule has 11 nitrogen and oxygen atoms in total. The highest BCUT2D eigenvalue weighted by atomic mass is 32.1. The number of nitrogens with zero attached hydrogens (tertiary/aromatic N) is 4. The van der Waals surface area contributed by atoms with Crippen molar-refractivity contribution in [2.45, 2.75) is 31.3 Å². The number of nitrogens with one attached hydrogen (secondary N) is 3. The Morgan fingerprint density at radius 3 is 2.79 bits per heavy atom. The number of carbonyl (C=O) groups excluding carboxylic acids is 3. The molecule has 174 valence electrons. The molecular formula is C22H22N8O3S. The summed E-state index contributed by atoms with van der Waals surface area (Å²) in [5.41, 5.74) is 8.73. The molecule has 3 aliphatic rings. The van der Waals surface area contributed by atoms with Crippen LogP contribution in [0.1, 0.15) is 34.5 Å². The Balaban J connectivity index is 1.38. The lowest BCUT2D eigenvalue weighted by molar-refractivity contribution is -0.115. The molecule has 1 aliphatic carbocycles. The summed E-state index contributed by atoms with van der Waals surface area (Å²) < 4.78 is 1.69. The molecule has 12 heteroatoms. The van der Waals surface area contributed by atoms with Crippen molar-refractivity contribution in [2.75, 3.05) is 18.4 Å². The molecule has 0 spiro atoms. The minimum absolute atomic E-state index is 0.0145. The van der Waals surface area contributed by atoms with E-state index in [-0.39, 0.29) is 17.6 Å². The van der Waals surface area contributed by atoms with Crippen LogP contribution in [0.15, 0.2) is 29.4 Å². The highest BCUT2D eigenvalue weighted by molar-refractivity contribution is 7.12. The molecule has 3 aromatic heterocycles. The van der Waals surface area contributed by atoms with Gasteiger partial charge in [0.2, 0.25) is 0 Å². The summed E-state index contributed by atoms with van der Waals surface area (Å²) in [6.45, 7) is 1.24. The Labute approximate surface area is 198 Å². The van der Waals surface area contributed by atoms with Crippen LogP contribution in [0.5, 0.6) is 0 Å². The second-order valence-electron chi connectivity index (χ2n) is 8.75. The number of anilines is 1. The maximum absolute atomic E-state index is 12.9. The van der Waals surface area contributed by atoms with Crippen molar-refractivity contribution < 1.29 is 14.4 Å². The van der Waals surface area contributed by atoms with E-state index < -0.39 is 11.9 Å². The zero-order valence-corrected chi connectivity index (χ0v) is 18.9. The highest BCUT2D eigenvalue weighted by Crippen LogP contribution is 2.31. The van der Waals surface area contributed by atoms with Gasteiger partial charge >= 0.3 is 6.03 Å². The molecule has 3 fully saturated rings. The lowest BCUT2D eigenvalue weighted by Gasteiger charge is -2.14. The van der Waals surface area contributed by atoms with Gasteiger partial charge in [0.1, 0.15) is 11.5 Å². The normalized spacial score (nSPS) is 21.4. The van der Waals surface area contributed by atoms with Gasteiger partial charge in [0, 0.05) is 47.7 Å². The van der Waals surface area contributed by atoms with Crippen molar-refractivity contribution in [3.63, 3.8) is 0 Å². The summed E-state index contributed by atoms with van der Waals surface area (Å²) in [5, 5.41) is 14.5. The average molecular weight is 479 g/mol. The smallest absolute Gasteiger partial charge is 0.326 e. The van der Waals surface area contributed by atoms with Crippen LogP contribution in [0.3, 0.4) is 0 Å². The largest absolute Gasteiger partial charge is 0.367 e. The SMILES string of the molecule is N[C@H]1CCN(C(=O)c2cc(-c3cc(NC4CC4)n4ncc(/C=C5\NC(=O)NC5=O)c4n3)cs2)C1. The second kappa shape index (κ2) is 7.92. The molecule has 5 heterocycles. The van der Waals surface area contributed by atoms with Gasteiger partial charge in [0.15, 0.2) is 5.65 Å². The van der Waals surface area contributed by atoms with Gasteiger partial charge in [-0.2, -0.15) is 9.61 Å². The van der Waals surface area contributed by atoms with Crippen LogP contribution in [0.4, 0.5) is 10.6 Å². The molecule has 5 N–H and O–H groups in total. The van der Waals surface area contributed by atoms with Crippen LogP contribution in [-0.4, -0.2) is 62.5 Å². The number of imide groups is 1. The lowest BCUT2D eigenvalue weighted by Crippen LogP contribution is -2.31. The van der Waals surface area contributed by atoms with Crippen LogP contribution in [-0.2, 0) is 4.79 Å². The Morgan fingerprint density at radius 1 is 1.24 bits per heavy atom. The number of hydrogen-bond acceptors (Lipinski definition) is 8. The fourth-order valence-corrected chi connectivity index (χ4v) is 4.99. The Kier molecular flexibility index (Phi) is 4.85. The van der Waals surface area contributed by atoms with E-state index in [0.717, 1.165) is 30.6 Å². The van der Waals surface area contributed by atoms with E-state index in [4.69, 9.17) is 10.7 Å². The summed E-state index contributed by atoms with van der Waals surface area (Å²) in [6.07, 6.45) is 6.14. The summed E-state index contributed by atoms with van der Waals surface area (Å²) >= 11 is 1.38. The fourth-order valence-electron chi connectivity index (χ4n) is 4.12. The predicted molar refractivity (Wildman–Crippen MR) is 126 cm³/mol. The lowest BCUT2D eigenvalue weighted by atomic mass is 10.2. The van der Waals surface area contributed by atoms with E-state index in [1.807, 2.05) is 17.5 Å². The highest BCUT2D eigenvalue weighted by Gasteiger charge is 2.27. The van der Waals surface area contributed by atoms with E-state index >= 15 is 0 Å². The molecule has 2 aliphatic heterocycles. The molecule has 4 amide bonds. The number of amides is 4. The van der Waals surface area contributed by atoms with E-state index in [0.29, 0.717) is 40.9 Å². The Morgan fingerprint density at radius 2 is 2.09 bits per heavy atom. The van der Waals surface area contributed by atoms with Gasteiger partial charge in [-0.15, -0.1) is 11.3 Å². The number of carbonyl (C=O) groups is 3. The minimum Gasteiger partial charge on any atom is -0.367 e. The molecule has 0 radical (unpaired) electrons. The topological polar surface area (TPSA) is 147 Å². The maximum atomic E-state index is 12.9. The number of thiophene rings is 1. The van der Waals surface area contributed by atoms with E-state index in [1.54, 1.807) is 21.7 Å². The second-order valence-corrected chi connectivity index (χ2v) is 9.66. The van der Waals surface area contributed by atoms with Crippen LogP contribution >= 0.6 is 11.3 Å². The standard InChI is InChI=1S/C22H22N8O3S/c23-13-3-4-29(9-13)21(32)17-6-12(10-34-17)15-7-18(25-14-1-2-14)30-19(26-15)11(8-24-30)5-16-20(31)28-22(33)27-16/h5-8,10,13-14,25H,1-4,9,23H2,(H2,27,28,31,33)/b16-5-/t13-/m0/s1. The summed E-state index contributed by atoms with van der Waals surface area (Å²) in [6, 6.07) is 3.62. The molecule has 0 bridgehead atoms. The Bertz CT molecular complexity index is 1370. The molecule has 3 aromatic rings. The number of nitrogens with two attached hydrogens (primary N) is 1. The average Bonchev–Trinajstić information content (AvgIpc) is 3.18. The number of hydrogen-bond donors (Lipinski definition) is 4. The van der Waals surface area contributed by atoms with Crippen molar-refractivity contribution in [3.05, 3.63) is 39.8 Å². The van der Waals surface area contributed by atoms with Gasteiger partial charge in [-0.05, 0) is 31.4 Å². The third-order valence-corrected chi connectivity index (χ3v) is 6.98. The third kappa shape index (κ3) is 3.80. The van der Waals surface area contributed by atoms with Crippen LogP contribution < -0.4 is 21.7 Å². The van der Waals surface area contributed by atoms with Crippen molar-refractivity contribution in [1.29, 1.82) is 0 Å². The number of aromatic nitrogens is 3. The first-order valence-corrected chi connectivity index (χ1v) is 12.0. The first-order valence-electron chi connectivity index (χ1n) is 11.1. The fraction of sp³-hybridized carbons (Fsp3) is 0.318. The summed E-state index contributed by atoms with van der Waals surface area (Å²) in [4.78, 5) is 43.6. The first-order chi connectivity index (χ1) is 16.4. The summed E-state index contributed by atoms with van der Waals surface area (Å²) in [5.74, 6) is 0.260. The molecule has 1 atom stereocenters. The number of urea groups is 1. The number of likely N-dealkylation sites (tertiary alicyclic amines) is 1. The van der Waals surface area contributed by atoms with Gasteiger partial charge in [-0.3, -0.25) is 14.9 Å². The van der Waals surface area contributed by atoms with Gasteiger partial charge in [0.25, 0.3) is 11.8 Å². The quantitative estimate of drug-likeness (QED) is 0.320. The van der Waals surface area contributed by atoms with Gasteiger partial charge in [0.05, 0.1) is 16.8 Å². The molecule has 0 aromatic carbocycles. The zero-order valence-electron chi connectivity index (χ0n) is 18.1. The van der Waals surface area contributed by atoms with Crippen LogP contribution in [0.2, 0.25) is 0 Å². The van der Waals surface area contributed by atoms with Crippen molar-refractivity contribution >= 4 is 46.7 Å². The van der Waals surface area contributed by atoms with Crippen LogP contribution in [0, 0.1) is 0 Å². The molecule has 1 saturated carbocycles. The van der Waals surface area contributed by atoms with Gasteiger partial charge < -0.3 is 21.3 Å². The zero-order chi connectivity index (χ0) is 23.4. The third-order valence-electron chi connectivity index (χ3n) is 6.07. The van der Waals surface area contributed by atoms with Crippen molar-refractivity contribution in [2.24, 2.45) is 5.73 Å². The van der Waals surface area contributed by atoms with Crippen molar-refractivity contribution in [1.82, 2.24) is 30.1 Å². The predicted octanol–water partition coefficient (Wildman–Crippen LogP) is 1.39. The van der Waals surface area contributed by atoms with Crippen molar-refractivity contribution in [3.8, 4) is 11.3 Å². The molecule has 0 unspecified atom stereocenters. The van der Waals surface area contributed by atoms with Gasteiger partial charge in [-0.1, -0.05) is 0 Å². The molecule has 34 heavy (non-hydrogen) atoms. The van der Waals surface area contributed by atoms with Gasteiger partial charge in [-0.25, -0.2) is 9.78 Å². The van der Waals surface area contributed by atoms with E-state index in [9.17, 15) is 14.4 Å². The van der Waals surface area contributed by atoms with E-state index in [2.05, 4.69) is 21.0 Å². The molecular weight excluding hydrogens is 456 g/mol. The monoisotopic (exact) mass is 478 g/mol.